The molecule has 0 bridgehead atoms. The number of amides is 1. The van der Waals surface area contributed by atoms with Crippen LogP contribution >= 0.6 is 0 Å². The summed E-state index contributed by atoms with van der Waals surface area (Å²) in [7, 11) is 0. The number of anilines is 2. The quantitative estimate of drug-likeness (QED) is 0.664. The van der Waals surface area contributed by atoms with E-state index < -0.39 is 0 Å². The van der Waals surface area contributed by atoms with Crippen LogP contribution in [0.2, 0.25) is 0 Å². The lowest BCUT2D eigenvalue weighted by Gasteiger charge is -2.37. The van der Waals surface area contributed by atoms with Crippen LogP contribution in [0.4, 0.5) is 11.5 Å². The summed E-state index contributed by atoms with van der Waals surface area (Å²) in [6.07, 6.45) is 1.67. The lowest BCUT2D eigenvalue weighted by molar-refractivity contribution is -0.119. The first-order chi connectivity index (χ1) is 12.7. The number of nitrogens with two attached hydrogens (primary N) is 1. The highest BCUT2D eigenvalue weighted by Crippen LogP contribution is 2.31. The first-order valence-corrected chi connectivity index (χ1v) is 8.95. The fraction of sp³-hybridized carbons (Fsp3) is 0.421. The van der Waals surface area contributed by atoms with Gasteiger partial charge in [-0.15, -0.1) is 0 Å². The zero-order valence-electron chi connectivity index (χ0n) is 14.9. The molecular formula is C19H23N5O2. The van der Waals surface area contributed by atoms with Gasteiger partial charge in [0.15, 0.2) is 5.82 Å². The van der Waals surface area contributed by atoms with Crippen molar-refractivity contribution in [3.05, 3.63) is 35.5 Å². The zero-order chi connectivity index (χ0) is 18.1. The van der Waals surface area contributed by atoms with Gasteiger partial charge in [0.05, 0.1) is 31.5 Å². The van der Waals surface area contributed by atoms with E-state index in [0.717, 1.165) is 42.0 Å². The van der Waals surface area contributed by atoms with Gasteiger partial charge in [-0.2, -0.15) is 0 Å². The molecule has 0 spiro atoms. The average molecular weight is 353 g/mol. The van der Waals surface area contributed by atoms with E-state index in [2.05, 4.69) is 11.8 Å². The minimum absolute atomic E-state index is 0.256. The van der Waals surface area contributed by atoms with Gasteiger partial charge in [-0.05, 0) is 37.6 Å². The molecule has 136 valence electrons. The van der Waals surface area contributed by atoms with Crippen molar-refractivity contribution in [3.63, 3.8) is 0 Å². The number of aromatic nitrogens is 2. The number of benzene rings is 1. The summed E-state index contributed by atoms with van der Waals surface area (Å²) in [5, 5.41) is 0. The first-order valence-electron chi connectivity index (χ1n) is 8.95. The van der Waals surface area contributed by atoms with E-state index in [1.165, 1.54) is 0 Å². The number of nitrogen functional groups attached to an aromatic ring is 1. The van der Waals surface area contributed by atoms with E-state index in [9.17, 15) is 4.79 Å². The molecule has 7 heteroatoms. The van der Waals surface area contributed by atoms with E-state index in [1.807, 2.05) is 24.3 Å². The Morgan fingerprint density at radius 3 is 2.77 bits per heavy atom. The summed E-state index contributed by atoms with van der Waals surface area (Å²) in [4.78, 5) is 25.0. The lowest BCUT2D eigenvalue weighted by Crippen LogP contribution is -2.45. The number of hydrogen-bond donors (Lipinski definition) is 1. The van der Waals surface area contributed by atoms with E-state index >= 15 is 0 Å². The number of morpholine rings is 1. The summed E-state index contributed by atoms with van der Waals surface area (Å²) < 4.78 is 5.59. The standard InChI is InChI=1S/C19H23N5O2/c1-13-11-26-9-8-24(13)19-16-6-7-23(12-25)10-17(16)21-18(22-19)14-2-4-15(20)5-3-14/h2-5,12-13H,6-11,20H2,1H3. The third-order valence-corrected chi connectivity index (χ3v) is 5.03. The molecule has 4 rings (SSSR count). The normalized spacial score (nSPS) is 20.0. The monoisotopic (exact) mass is 353 g/mol. The molecular weight excluding hydrogens is 330 g/mol. The van der Waals surface area contributed by atoms with Crippen LogP contribution < -0.4 is 10.6 Å². The molecule has 1 aromatic carbocycles. The lowest BCUT2D eigenvalue weighted by atomic mass is 10.0. The molecule has 7 nitrogen and oxygen atoms in total. The van der Waals surface area contributed by atoms with E-state index in [4.69, 9.17) is 20.4 Å². The van der Waals surface area contributed by atoms with Crippen LogP contribution in [0.15, 0.2) is 24.3 Å². The highest BCUT2D eigenvalue weighted by atomic mass is 16.5. The molecule has 2 aliphatic rings. The van der Waals surface area contributed by atoms with Gasteiger partial charge in [0.25, 0.3) is 0 Å². The van der Waals surface area contributed by atoms with Crippen LogP contribution in [0.1, 0.15) is 18.2 Å². The van der Waals surface area contributed by atoms with E-state index in [1.54, 1.807) is 4.90 Å². The predicted molar refractivity (Wildman–Crippen MR) is 99.7 cm³/mol. The van der Waals surface area contributed by atoms with Crippen molar-refractivity contribution in [1.29, 1.82) is 0 Å². The van der Waals surface area contributed by atoms with Gasteiger partial charge in [0.2, 0.25) is 6.41 Å². The van der Waals surface area contributed by atoms with Crippen LogP contribution in [-0.4, -0.2) is 53.6 Å². The van der Waals surface area contributed by atoms with Crippen LogP contribution in [0, 0.1) is 0 Å². The maximum absolute atomic E-state index is 11.2. The number of ether oxygens (including phenoxy) is 1. The molecule has 0 aliphatic carbocycles. The van der Waals surface area contributed by atoms with Gasteiger partial charge in [0.1, 0.15) is 5.82 Å². The van der Waals surface area contributed by atoms with E-state index in [-0.39, 0.29) is 6.04 Å². The molecule has 0 radical (unpaired) electrons. The molecule has 1 amide bonds. The summed E-state index contributed by atoms with van der Waals surface area (Å²) in [5.41, 5.74) is 9.52. The van der Waals surface area contributed by atoms with Crippen molar-refractivity contribution in [2.45, 2.75) is 25.9 Å². The van der Waals surface area contributed by atoms with Crippen molar-refractivity contribution < 1.29 is 9.53 Å². The number of carbonyl (C=O) groups excluding carboxylic acids is 1. The topological polar surface area (TPSA) is 84.6 Å². The van der Waals surface area contributed by atoms with Gasteiger partial charge < -0.3 is 20.3 Å². The molecule has 1 fully saturated rings. The summed E-state index contributed by atoms with van der Waals surface area (Å²) in [6.45, 7) is 5.57. The zero-order valence-corrected chi connectivity index (χ0v) is 14.9. The second-order valence-corrected chi connectivity index (χ2v) is 6.86. The van der Waals surface area contributed by atoms with E-state index in [0.29, 0.717) is 37.8 Å². The smallest absolute Gasteiger partial charge is 0.210 e. The number of hydrogen-bond acceptors (Lipinski definition) is 6. The Balaban J connectivity index is 1.82. The number of rotatable bonds is 3. The summed E-state index contributed by atoms with van der Waals surface area (Å²) in [5.74, 6) is 1.65. The maximum Gasteiger partial charge on any atom is 0.210 e. The Morgan fingerprint density at radius 1 is 1.23 bits per heavy atom. The first kappa shape index (κ1) is 16.8. The van der Waals surface area contributed by atoms with Gasteiger partial charge in [-0.3, -0.25) is 4.79 Å². The number of nitrogens with zero attached hydrogens (tertiary/aromatic N) is 4. The van der Waals surface area contributed by atoms with Gasteiger partial charge in [0, 0.05) is 29.9 Å². The number of fused-ring (bicyclic) bond motifs is 1. The van der Waals surface area contributed by atoms with Crippen molar-refractivity contribution in [1.82, 2.24) is 14.9 Å². The molecule has 1 atom stereocenters. The van der Waals surface area contributed by atoms with Gasteiger partial charge in [-0.1, -0.05) is 0 Å². The highest BCUT2D eigenvalue weighted by Gasteiger charge is 2.28. The van der Waals surface area contributed by atoms with Crippen molar-refractivity contribution in [2.24, 2.45) is 0 Å². The van der Waals surface area contributed by atoms with Gasteiger partial charge >= 0.3 is 0 Å². The molecule has 1 unspecified atom stereocenters. The fourth-order valence-electron chi connectivity index (χ4n) is 3.56. The largest absolute Gasteiger partial charge is 0.399 e. The minimum Gasteiger partial charge on any atom is -0.399 e. The van der Waals surface area contributed by atoms with Crippen LogP contribution in [-0.2, 0) is 22.5 Å². The molecule has 2 N–H and O–H groups in total. The van der Waals surface area contributed by atoms with Crippen molar-refractivity contribution in [2.75, 3.05) is 36.9 Å². The second-order valence-electron chi connectivity index (χ2n) is 6.86. The molecule has 26 heavy (non-hydrogen) atoms. The Kier molecular flexibility index (Phi) is 4.46. The van der Waals surface area contributed by atoms with Crippen molar-refractivity contribution >= 4 is 17.9 Å². The SMILES string of the molecule is CC1COCCN1c1nc(-c2ccc(N)cc2)nc2c1CCN(C=O)C2. The third-order valence-electron chi connectivity index (χ3n) is 5.03. The predicted octanol–water partition coefficient (Wildman–Crippen LogP) is 1.47. The molecule has 1 aromatic heterocycles. The van der Waals surface area contributed by atoms with Crippen LogP contribution in [0.3, 0.4) is 0 Å². The summed E-state index contributed by atoms with van der Waals surface area (Å²) >= 11 is 0. The Morgan fingerprint density at radius 2 is 2.04 bits per heavy atom. The van der Waals surface area contributed by atoms with Crippen LogP contribution in [0.25, 0.3) is 11.4 Å². The Labute approximate surface area is 152 Å². The minimum atomic E-state index is 0.256. The Hall–Kier alpha value is -2.67. The molecule has 2 aromatic rings. The summed E-state index contributed by atoms with van der Waals surface area (Å²) in [6, 6.07) is 7.83. The second kappa shape index (κ2) is 6.92. The molecule has 1 saturated heterocycles. The third kappa shape index (κ3) is 3.10. The maximum atomic E-state index is 11.2. The average Bonchev–Trinajstić information content (AvgIpc) is 2.67. The highest BCUT2D eigenvalue weighted by molar-refractivity contribution is 5.64. The fourth-order valence-corrected chi connectivity index (χ4v) is 3.56. The molecule has 3 heterocycles. The molecule has 0 saturated carbocycles. The Bertz CT molecular complexity index is 808. The molecule has 2 aliphatic heterocycles. The van der Waals surface area contributed by atoms with Crippen molar-refractivity contribution in [3.8, 4) is 11.4 Å². The number of carbonyl (C=O) groups is 1. The van der Waals surface area contributed by atoms with Gasteiger partial charge in [-0.25, -0.2) is 9.97 Å². The van der Waals surface area contributed by atoms with Crippen LogP contribution in [0.5, 0.6) is 0 Å².